The summed E-state index contributed by atoms with van der Waals surface area (Å²) in [6.07, 6.45) is 0.187. The molecule has 10 nitrogen and oxygen atoms in total. The van der Waals surface area contributed by atoms with E-state index in [1.54, 1.807) is 23.0 Å². The molecule has 0 spiro atoms. The molecule has 12 heteroatoms. The lowest BCUT2D eigenvalue weighted by Crippen LogP contribution is -2.33. The van der Waals surface area contributed by atoms with E-state index in [4.69, 9.17) is 9.78 Å². The van der Waals surface area contributed by atoms with Crippen molar-refractivity contribution in [3.8, 4) is 34.9 Å². The normalized spacial score (nSPS) is 14.5. The van der Waals surface area contributed by atoms with Gasteiger partial charge in [0.15, 0.2) is 0 Å². The number of rotatable bonds is 7. The molecule has 190 valence electrons. The van der Waals surface area contributed by atoms with Gasteiger partial charge in [-0.1, -0.05) is 5.16 Å². The second-order valence-electron chi connectivity index (χ2n) is 8.91. The van der Waals surface area contributed by atoms with E-state index in [0.717, 1.165) is 37.3 Å². The van der Waals surface area contributed by atoms with Gasteiger partial charge in [-0.2, -0.15) is 19.0 Å². The molecule has 5 rings (SSSR count). The Bertz CT molecular complexity index is 1410. The molecule has 0 bridgehead atoms. The summed E-state index contributed by atoms with van der Waals surface area (Å²) in [5.74, 6) is 2.41. The van der Waals surface area contributed by atoms with E-state index in [-0.39, 0.29) is 29.2 Å². The molecule has 0 atom stereocenters. The van der Waals surface area contributed by atoms with Gasteiger partial charge in [-0.3, -0.25) is 0 Å². The molecule has 1 fully saturated rings. The summed E-state index contributed by atoms with van der Waals surface area (Å²) in [7, 11) is 0. The van der Waals surface area contributed by atoms with Crippen LogP contribution in [-0.2, 0) is 6.54 Å². The molecular formula is C25H24F2N8O2. The maximum absolute atomic E-state index is 13.0. The minimum atomic E-state index is -3.27. The molecule has 1 aromatic carbocycles. The van der Waals surface area contributed by atoms with Crippen LogP contribution >= 0.6 is 0 Å². The van der Waals surface area contributed by atoms with Gasteiger partial charge in [0.25, 0.3) is 5.89 Å². The number of hydrogen-bond acceptors (Lipinski definition) is 9. The number of ether oxygens (including phenoxy) is 1. The first-order chi connectivity index (χ1) is 17.8. The van der Waals surface area contributed by atoms with Crippen LogP contribution in [0.5, 0.6) is 5.75 Å². The van der Waals surface area contributed by atoms with Crippen LogP contribution in [0.4, 0.5) is 14.6 Å². The molecule has 0 saturated carbocycles. The van der Waals surface area contributed by atoms with Crippen molar-refractivity contribution in [3.05, 3.63) is 54.0 Å². The molecule has 4 heterocycles. The molecule has 0 unspecified atom stereocenters. The fourth-order valence-corrected chi connectivity index (χ4v) is 4.11. The Labute approximate surface area is 211 Å². The fraction of sp³-hybridized carbons (Fsp3) is 0.360. The summed E-state index contributed by atoms with van der Waals surface area (Å²) < 4.78 is 37.7. The summed E-state index contributed by atoms with van der Waals surface area (Å²) in [6.45, 7) is 4.61. The Morgan fingerprint density at radius 1 is 1.14 bits per heavy atom. The van der Waals surface area contributed by atoms with Crippen molar-refractivity contribution in [2.75, 3.05) is 18.0 Å². The average molecular weight is 507 g/mol. The van der Waals surface area contributed by atoms with Crippen molar-refractivity contribution >= 4 is 5.82 Å². The molecule has 1 aliphatic heterocycles. The number of pyridine rings is 1. The van der Waals surface area contributed by atoms with Crippen LogP contribution in [0.2, 0.25) is 0 Å². The largest absolute Gasteiger partial charge is 0.433 e. The van der Waals surface area contributed by atoms with E-state index in [0.29, 0.717) is 24.9 Å². The van der Waals surface area contributed by atoms with Crippen molar-refractivity contribution < 1.29 is 18.0 Å². The molecule has 0 radical (unpaired) electrons. The van der Waals surface area contributed by atoms with Gasteiger partial charge in [-0.05, 0) is 61.7 Å². The standard InChI is InChI=1S/C25H24F2N8O2/c1-16-30-23(24-31-22(33-37-24)19-3-5-20(6-4-19)36-25(2,26)27)32-35(16)15-18-7-10-29-21(13-18)34-11-8-17(14-28)9-12-34/h3-7,10,13,17H,8-9,11-12,15H2,1-2H3. The topological polar surface area (TPSA) is 119 Å². The summed E-state index contributed by atoms with van der Waals surface area (Å²) >= 11 is 0. The number of aryl methyl sites for hydroxylation is 1. The minimum Gasteiger partial charge on any atom is -0.433 e. The second-order valence-corrected chi connectivity index (χ2v) is 8.91. The number of nitriles is 1. The molecule has 0 N–H and O–H groups in total. The smallest absolute Gasteiger partial charge is 0.394 e. The zero-order chi connectivity index (χ0) is 26.0. The monoisotopic (exact) mass is 506 g/mol. The van der Waals surface area contributed by atoms with E-state index in [2.05, 4.69) is 40.9 Å². The van der Waals surface area contributed by atoms with E-state index in [1.807, 2.05) is 19.1 Å². The highest BCUT2D eigenvalue weighted by Crippen LogP contribution is 2.26. The number of benzene rings is 1. The van der Waals surface area contributed by atoms with E-state index in [1.165, 1.54) is 12.1 Å². The van der Waals surface area contributed by atoms with Crippen LogP contribution in [0.15, 0.2) is 47.1 Å². The quantitative estimate of drug-likeness (QED) is 0.357. The van der Waals surface area contributed by atoms with Gasteiger partial charge in [0.1, 0.15) is 17.4 Å². The zero-order valence-electron chi connectivity index (χ0n) is 20.3. The first-order valence-electron chi connectivity index (χ1n) is 11.8. The van der Waals surface area contributed by atoms with Crippen LogP contribution < -0.4 is 9.64 Å². The van der Waals surface area contributed by atoms with Crippen molar-refractivity contribution in [1.82, 2.24) is 29.9 Å². The molecule has 0 aliphatic carbocycles. The highest BCUT2D eigenvalue weighted by molar-refractivity contribution is 5.57. The number of piperidine rings is 1. The minimum absolute atomic E-state index is 0.0296. The Hall–Kier alpha value is -4.40. The van der Waals surface area contributed by atoms with Crippen molar-refractivity contribution in [2.45, 2.75) is 39.3 Å². The maximum atomic E-state index is 13.0. The van der Waals surface area contributed by atoms with Crippen molar-refractivity contribution in [3.63, 3.8) is 0 Å². The lowest BCUT2D eigenvalue weighted by atomic mass is 9.98. The molecule has 1 aliphatic rings. The number of alkyl halides is 2. The Balaban J connectivity index is 1.28. The van der Waals surface area contributed by atoms with Crippen LogP contribution in [-0.4, -0.2) is 49.1 Å². The molecule has 3 aromatic heterocycles. The third-order valence-corrected chi connectivity index (χ3v) is 6.03. The SMILES string of the molecule is Cc1nc(-c2nc(-c3ccc(OC(C)(F)F)cc3)no2)nn1Cc1ccnc(N2CCC(C#N)CC2)c1. The first kappa shape index (κ1) is 24.3. The summed E-state index contributed by atoms with van der Waals surface area (Å²) in [4.78, 5) is 15.5. The van der Waals surface area contributed by atoms with Crippen LogP contribution in [0.25, 0.3) is 23.1 Å². The van der Waals surface area contributed by atoms with Crippen molar-refractivity contribution in [1.29, 1.82) is 5.26 Å². The van der Waals surface area contributed by atoms with E-state index >= 15 is 0 Å². The fourth-order valence-electron chi connectivity index (χ4n) is 4.11. The summed E-state index contributed by atoms with van der Waals surface area (Å²) in [6, 6.07) is 12.3. The van der Waals surface area contributed by atoms with Gasteiger partial charge in [-0.25, -0.2) is 14.6 Å². The predicted molar refractivity (Wildman–Crippen MR) is 129 cm³/mol. The van der Waals surface area contributed by atoms with E-state index in [9.17, 15) is 8.78 Å². The lowest BCUT2D eigenvalue weighted by Gasteiger charge is -2.30. The number of hydrogen-bond donors (Lipinski definition) is 0. The number of halogens is 2. The Morgan fingerprint density at radius 2 is 1.89 bits per heavy atom. The lowest BCUT2D eigenvalue weighted by molar-refractivity contribution is -0.158. The first-order valence-corrected chi connectivity index (χ1v) is 11.8. The highest BCUT2D eigenvalue weighted by Gasteiger charge is 2.23. The highest BCUT2D eigenvalue weighted by atomic mass is 19.3. The predicted octanol–water partition coefficient (Wildman–Crippen LogP) is 4.48. The van der Waals surface area contributed by atoms with Crippen LogP contribution in [0.3, 0.4) is 0 Å². The van der Waals surface area contributed by atoms with Gasteiger partial charge < -0.3 is 14.2 Å². The third-order valence-electron chi connectivity index (χ3n) is 6.03. The zero-order valence-corrected chi connectivity index (χ0v) is 20.3. The van der Waals surface area contributed by atoms with Crippen LogP contribution in [0, 0.1) is 24.2 Å². The van der Waals surface area contributed by atoms with Crippen LogP contribution in [0.1, 0.15) is 31.2 Å². The molecular weight excluding hydrogens is 482 g/mol. The average Bonchev–Trinajstić information content (AvgIpc) is 3.51. The molecule has 1 saturated heterocycles. The van der Waals surface area contributed by atoms with Crippen molar-refractivity contribution in [2.24, 2.45) is 5.92 Å². The molecule has 4 aromatic rings. The number of aromatic nitrogens is 6. The summed E-state index contributed by atoms with van der Waals surface area (Å²) in [5, 5.41) is 17.6. The molecule has 37 heavy (non-hydrogen) atoms. The van der Waals surface area contributed by atoms with Gasteiger partial charge in [-0.15, -0.1) is 5.10 Å². The van der Waals surface area contributed by atoms with Gasteiger partial charge in [0, 0.05) is 37.7 Å². The Kier molecular flexibility index (Phi) is 6.52. The summed E-state index contributed by atoms with van der Waals surface area (Å²) in [5.41, 5.74) is 1.58. The van der Waals surface area contributed by atoms with E-state index < -0.39 is 6.11 Å². The Morgan fingerprint density at radius 3 is 2.59 bits per heavy atom. The molecule has 0 amide bonds. The van der Waals surface area contributed by atoms with Gasteiger partial charge >= 0.3 is 6.11 Å². The van der Waals surface area contributed by atoms with Gasteiger partial charge in [0.05, 0.1) is 12.6 Å². The number of nitrogens with zero attached hydrogens (tertiary/aromatic N) is 8. The second kappa shape index (κ2) is 9.93. The maximum Gasteiger partial charge on any atom is 0.394 e. The van der Waals surface area contributed by atoms with Gasteiger partial charge in [0.2, 0.25) is 11.6 Å². The number of anilines is 1. The third kappa shape index (κ3) is 5.72.